The van der Waals surface area contributed by atoms with E-state index in [-0.39, 0.29) is 11.9 Å². The summed E-state index contributed by atoms with van der Waals surface area (Å²) in [5.74, 6) is 0.442. The summed E-state index contributed by atoms with van der Waals surface area (Å²) in [6.07, 6.45) is 7.04. The Morgan fingerprint density at radius 2 is 1.76 bits per heavy atom. The molecule has 132 valence electrons. The molecule has 0 spiro atoms. The van der Waals surface area contributed by atoms with Crippen molar-refractivity contribution in [1.82, 2.24) is 15.3 Å². The Morgan fingerprint density at radius 1 is 1.08 bits per heavy atom. The minimum Gasteiger partial charge on any atom is -0.348 e. The summed E-state index contributed by atoms with van der Waals surface area (Å²) in [6, 6.07) is 11.9. The number of rotatable bonds is 4. The molecule has 5 nitrogen and oxygen atoms in total. The molecule has 1 amide bonds. The molecule has 3 rings (SSSR count). The molecule has 0 atom stereocenters. The summed E-state index contributed by atoms with van der Waals surface area (Å²) in [4.78, 5) is 23.6. The lowest BCUT2D eigenvalue weighted by molar-refractivity contribution is 0.0928. The van der Waals surface area contributed by atoms with Gasteiger partial charge >= 0.3 is 0 Å². The maximum Gasteiger partial charge on any atom is 0.270 e. The molecule has 0 bridgehead atoms. The lowest BCUT2D eigenvalue weighted by Gasteiger charge is -2.19. The molecular weight excluding hydrogens is 312 g/mol. The number of carbonyl (C=O) groups excluding carboxylic acids is 1. The van der Waals surface area contributed by atoms with E-state index in [1.54, 1.807) is 6.07 Å². The fourth-order valence-corrected chi connectivity index (χ4v) is 3.27. The Morgan fingerprint density at radius 3 is 2.44 bits per heavy atom. The van der Waals surface area contributed by atoms with Crippen LogP contribution in [0.25, 0.3) is 0 Å². The van der Waals surface area contributed by atoms with Crippen molar-refractivity contribution in [3.05, 3.63) is 47.8 Å². The number of carbonyl (C=O) groups is 1. The Labute approximate surface area is 149 Å². The van der Waals surface area contributed by atoms with E-state index in [0.29, 0.717) is 11.6 Å². The number of nitrogens with zero attached hydrogens (tertiary/aromatic N) is 3. The second kappa shape index (κ2) is 8.10. The van der Waals surface area contributed by atoms with E-state index in [9.17, 15) is 4.79 Å². The van der Waals surface area contributed by atoms with Gasteiger partial charge in [0.25, 0.3) is 5.91 Å². The molecule has 1 fully saturated rings. The first-order chi connectivity index (χ1) is 12.1. The van der Waals surface area contributed by atoms with Crippen molar-refractivity contribution in [2.75, 3.05) is 11.9 Å². The minimum absolute atomic E-state index is 0.0971. The van der Waals surface area contributed by atoms with E-state index in [4.69, 9.17) is 0 Å². The Balaban J connectivity index is 1.77. The predicted octanol–water partition coefficient (Wildman–Crippen LogP) is 4.01. The smallest absolute Gasteiger partial charge is 0.270 e. The second-order valence-electron chi connectivity index (χ2n) is 6.75. The van der Waals surface area contributed by atoms with Crippen LogP contribution in [0.4, 0.5) is 11.6 Å². The minimum atomic E-state index is -0.0971. The molecule has 1 aromatic carbocycles. The molecule has 25 heavy (non-hydrogen) atoms. The third-order valence-electron chi connectivity index (χ3n) is 4.71. The number of hydrogen-bond donors (Lipinski definition) is 1. The monoisotopic (exact) mass is 338 g/mol. The Hall–Kier alpha value is -2.43. The van der Waals surface area contributed by atoms with Gasteiger partial charge in [0.1, 0.15) is 5.69 Å². The van der Waals surface area contributed by atoms with Crippen molar-refractivity contribution < 1.29 is 4.79 Å². The summed E-state index contributed by atoms with van der Waals surface area (Å²) in [7, 11) is 1.91. The van der Waals surface area contributed by atoms with Crippen LogP contribution in [0.15, 0.2) is 36.4 Å². The molecule has 1 aliphatic carbocycles. The van der Waals surface area contributed by atoms with Crippen molar-refractivity contribution in [3.8, 4) is 0 Å². The van der Waals surface area contributed by atoms with Crippen LogP contribution in [0.2, 0.25) is 0 Å². The van der Waals surface area contributed by atoms with Gasteiger partial charge in [-0.15, -0.1) is 0 Å². The topological polar surface area (TPSA) is 58.1 Å². The standard InChI is InChI=1S/C20H26N4O/c1-15-14-18(19(25)22-16-10-6-3-4-7-11-16)23-20(21-15)24(2)17-12-8-5-9-13-17/h5,8-9,12-14,16H,3-4,6-7,10-11H2,1-2H3,(H,22,25). The number of hydrogen-bond acceptors (Lipinski definition) is 4. The summed E-state index contributed by atoms with van der Waals surface area (Å²) in [5.41, 5.74) is 2.22. The van der Waals surface area contributed by atoms with Crippen molar-refractivity contribution in [2.24, 2.45) is 0 Å². The molecule has 5 heteroatoms. The first kappa shape index (κ1) is 17.4. The fourth-order valence-electron chi connectivity index (χ4n) is 3.27. The highest BCUT2D eigenvalue weighted by atomic mass is 16.1. The zero-order valence-corrected chi connectivity index (χ0v) is 15.0. The van der Waals surface area contributed by atoms with E-state index >= 15 is 0 Å². The number of para-hydroxylation sites is 1. The van der Waals surface area contributed by atoms with Crippen molar-refractivity contribution >= 4 is 17.5 Å². The van der Waals surface area contributed by atoms with Gasteiger partial charge in [0.15, 0.2) is 0 Å². The maximum absolute atomic E-state index is 12.7. The van der Waals surface area contributed by atoms with E-state index in [1.165, 1.54) is 25.7 Å². The number of aromatic nitrogens is 2. The summed E-state index contributed by atoms with van der Waals surface area (Å²) < 4.78 is 0. The molecule has 0 saturated heterocycles. The summed E-state index contributed by atoms with van der Waals surface area (Å²) in [6.45, 7) is 1.90. The van der Waals surface area contributed by atoms with Gasteiger partial charge in [0.2, 0.25) is 5.95 Å². The second-order valence-corrected chi connectivity index (χ2v) is 6.75. The Bertz CT molecular complexity index is 709. The van der Waals surface area contributed by atoms with Gasteiger partial charge < -0.3 is 10.2 Å². The summed E-state index contributed by atoms with van der Waals surface area (Å²) >= 11 is 0. The number of benzene rings is 1. The molecule has 0 aliphatic heterocycles. The van der Waals surface area contributed by atoms with Crippen LogP contribution in [0.1, 0.15) is 54.7 Å². The zero-order chi connectivity index (χ0) is 17.6. The number of anilines is 2. The molecule has 1 aromatic heterocycles. The fraction of sp³-hybridized carbons (Fsp3) is 0.450. The lowest BCUT2D eigenvalue weighted by Crippen LogP contribution is -2.35. The number of aryl methyl sites for hydroxylation is 1. The molecule has 1 heterocycles. The van der Waals surface area contributed by atoms with Crippen molar-refractivity contribution in [3.63, 3.8) is 0 Å². The predicted molar refractivity (Wildman–Crippen MR) is 100 cm³/mol. The molecule has 1 N–H and O–H groups in total. The van der Waals surface area contributed by atoms with Crippen LogP contribution in [-0.2, 0) is 0 Å². The first-order valence-electron chi connectivity index (χ1n) is 9.09. The zero-order valence-electron chi connectivity index (χ0n) is 15.0. The first-order valence-corrected chi connectivity index (χ1v) is 9.09. The van der Waals surface area contributed by atoms with Gasteiger partial charge in [-0.25, -0.2) is 9.97 Å². The van der Waals surface area contributed by atoms with Crippen LogP contribution in [0, 0.1) is 6.92 Å². The van der Waals surface area contributed by atoms with Crippen LogP contribution < -0.4 is 10.2 Å². The van der Waals surface area contributed by atoms with E-state index < -0.39 is 0 Å². The molecule has 1 aliphatic rings. The van der Waals surface area contributed by atoms with Gasteiger partial charge in [-0.1, -0.05) is 43.9 Å². The van der Waals surface area contributed by atoms with Crippen LogP contribution in [-0.4, -0.2) is 29.0 Å². The average molecular weight is 338 g/mol. The largest absolute Gasteiger partial charge is 0.348 e. The molecule has 2 aromatic rings. The Kier molecular flexibility index (Phi) is 5.64. The third kappa shape index (κ3) is 4.56. The van der Waals surface area contributed by atoms with Gasteiger partial charge in [-0.3, -0.25) is 4.79 Å². The summed E-state index contributed by atoms with van der Waals surface area (Å²) in [5, 5.41) is 3.16. The van der Waals surface area contributed by atoms with E-state index in [0.717, 1.165) is 24.2 Å². The van der Waals surface area contributed by atoms with Crippen molar-refractivity contribution in [1.29, 1.82) is 0 Å². The SMILES string of the molecule is Cc1cc(C(=O)NC2CCCCCC2)nc(N(C)c2ccccc2)n1. The maximum atomic E-state index is 12.7. The van der Waals surface area contributed by atoms with E-state index in [1.807, 2.05) is 49.2 Å². The number of nitrogens with one attached hydrogen (secondary N) is 1. The van der Waals surface area contributed by atoms with Gasteiger partial charge in [-0.05, 0) is 38.0 Å². The van der Waals surface area contributed by atoms with Crippen molar-refractivity contribution in [2.45, 2.75) is 51.5 Å². The molecular formula is C20H26N4O. The quantitative estimate of drug-likeness (QED) is 0.856. The average Bonchev–Trinajstić information content (AvgIpc) is 2.90. The van der Waals surface area contributed by atoms with Crippen LogP contribution in [0.5, 0.6) is 0 Å². The van der Waals surface area contributed by atoms with Gasteiger partial charge in [-0.2, -0.15) is 0 Å². The molecule has 0 unspecified atom stereocenters. The highest BCUT2D eigenvalue weighted by molar-refractivity contribution is 5.93. The van der Waals surface area contributed by atoms with E-state index in [2.05, 4.69) is 15.3 Å². The van der Waals surface area contributed by atoms with Crippen LogP contribution >= 0.6 is 0 Å². The van der Waals surface area contributed by atoms with Crippen LogP contribution in [0.3, 0.4) is 0 Å². The van der Waals surface area contributed by atoms with Gasteiger partial charge in [0, 0.05) is 24.5 Å². The third-order valence-corrected chi connectivity index (χ3v) is 4.71. The number of amides is 1. The van der Waals surface area contributed by atoms with Gasteiger partial charge in [0.05, 0.1) is 0 Å². The highest BCUT2D eigenvalue weighted by Gasteiger charge is 2.18. The normalized spacial score (nSPS) is 15.4. The molecule has 0 radical (unpaired) electrons. The molecule has 1 saturated carbocycles. The lowest BCUT2D eigenvalue weighted by atomic mass is 10.1. The highest BCUT2D eigenvalue weighted by Crippen LogP contribution is 2.21.